The summed E-state index contributed by atoms with van der Waals surface area (Å²) in [5.74, 6) is 0. The zero-order chi connectivity index (χ0) is 14.5. The lowest BCUT2D eigenvalue weighted by Gasteiger charge is -2.28. The van der Waals surface area contributed by atoms with E-state index in [-0.39, 0.29) is 12.1 Å². The van der Waals surface area contributed by atoms with Gasteiger partial charge in [0.15, 0.2) is 0 Å². The molecule has 1 aliphatic rings. The van der Waals surface area contributed by atoms with Crippen molar-refractivity contribution >= 4 is 22.5 Å². The van der Waals surface area contributed by atoms with Gasteiger partial charge in [-0.15, -0.1) is 0 Å². The van der Waals surface area contributed by atoms with Crippen LogP contribution in [0.3, 0.4) is 0 Å². The van der Waals surface area contributed by atoms with Crippen molar-refractivity contribution in [1.82, 2.24) is 5.32 Å². The monoisotopic (exact) mass is 296 g/mol. The molecule has 0 saturated heterocycles. The Morgan fingerprint density at radius 3 is 2.80 bits per heavy atom. The number of nitrogens with one attached hydrogen (secondary N) is 2. The summed E-state index contributed by atoms with van der Waals surface area (Å²) in [4.78, 5) is 12.6. The molecule has 1 aromatic carbocycles. The second kappa shape index (κ2) is 6.85. The summed E-state index contributed by atoms with van der Waals surface area (Å²) in [7, 11) is -1.08. The largest absolute Gasteiger partial charge is 0.391 e. The molecule has 2 amide bonds. The van der Waals surface area contributed by atoms with E-state index in [2.05, 4.69) is 10.6 Å². The molecule has 2 rings (SSSR count). The van der Waals surface area contributed by atoms with Gasteiger partial charge in [-0.2, -0.15) is 0 Å². The first-order chi connectivity index (χ1) is 9.56. The van der Waals surface area contributed by atoms with E-state index in [1.807, 2.05) is 0 Å². The van der Waals surface area contributed by atoms with Crippen molar-refractivity contribution in [3.05, 3.63) is 24.3 Å². The maximum Gasteiger partial charge on any atom is 0.319 e. The van der Waals surface area contributed by atoms with E-state index in [1.54, 1.807) is 30.5 Å². The normalized spacial score (nSPS) is 23.9. The van der Waals surface area contributed by atoms with Crippen LogP contribution >= 0.6 is 0 Å². The van der Waals surface area contributed by atoms with Gasteiger partial charge in [0.05, 0.1) is 12.1 Å². The smallest absolute Gasteiger partial charge is 0.319 e. The molecule has 1 saturated carbocycles. The highest BCUT2D eigenvalue weighted by Gasteiger charge is 2.24. The number of rotatable bonds is 3. The summed E-state index contributed by atoms with van der Waals surface area (Å²) >= 11 is 0. The number of aliphatic hydroxyl groups is 1. The third-order valence-electron chi connectivity index (χ3n) is 3.47. The molecule has 0 spiro atoms. The molecular formula is C14H20N2O3S. The lowest BCUT2D eigenvalue weighted by Crippen LogP contribution is -2.46. The van der Waals surface area contributed by atoms with E-state index in [9.17, 15) is 14.1 Å². The standard InChI is InChI=1S/C14H20N2O3S/c1-20(19)11-6-4-5-10(9-11)15-14(18)16-12-7-2-3-8-13(12)17/h4-6,9,12-13,17H,2-3,7-8H2,1H3,(H2,15,16,18). The van der Waals surface area contributed by atoms with Gasteiger partial charge in [-0.1, -0.05) is 18.9 Å². The van der Waals surface area contributed by atoms with Crippen molar-refractivity contribution in [2.45, 2.75) is 42.7 Å². The van der Waals surface area contributed by atoms with Gasteiger partial charge in [-0.25, -0.2) is 4.79 Å². The Kier molecular flexibility index (Phi) is 5.14. The lowest BCUT2D eigenvalue weighted by molar-refractivity contribution is 0.0955. The molecule has 5 nitrogen and oxygen atoms in total. The summed E-state index contributed by atoms with van der Waals surface area (Å²) in [5, 5.41) is 15.3. The van der Waals surface area contributed by atoms with Gasteiger partial charge in [-0.05, 0) is 31.0 Å². The number of hydrogen-bond acceptors (Lipinski definition) is 3. The van der Waals surface area contributed by atoms with Crippen molar-refractivity contribution in [3.63, 3.8) is 0 Å². The summed E-state index contributed by atoms with van der Waals surface area (Å²) in [6, 6.07) is 6.41. The number of amides is 2. The minimum absolute atomic E-state index is 0.188. The van der Waals surface area contributed by atoms with Crippen LogP contribution in [0.1, 0.15) is 25.7 Å². The quantitative estimate of drug-likeness (QED) is 0.796. The van der Waals surface area contributed by atoms with Crippen molar-refractivity contribution in [2.24, 2.45) is 0 Å². The third kappa shape index (κ3) is 4.05. The number of anilines is 1. The number of benzene rings is 1. The molecule has 110 valence electrons. The predicted octanol–water partition coefficient (Wildman–Crippen LogP) is 1.85. The van der Waals surface area contributed by atoms with Crippen LogP contribution in [0.5, 0.6) is 0 Å². The van der Waals surface area contributed by atoms with Crippen molar-refractivity contribution in [2.75, 3.05) is 11.6 Å². The first kappa shape index (κ1) is 15.0. The molecule has 1 aromatic rings. The molecule has 6 heteroatoms. The molecule has 0 bridgehead atoms. The maximum atomic E-state index is 11.9. The summed E-state index contributed by atoms with van der Waals surface area (Å²) in [5.41, 5.74) is 0.598. The van der Waals surface area contributed by atoms with Gasteiger partial charge in [0, 0.05) is 27.6 Å². The first-order valence-corrected chi connectivity index (χ1v) is 8.31. The number of carbonyl (C=O) groups excluding carboxylic acids is 1. The van der Waals surface area contributed by atoms with Gasteiger partial charge in [0.2, 0.25) is 0 Å². The number of carbonyl (C=O) groups is 1. The average Bonchev–Trinajstić information content (AvgIpc) is 2.41. The van der Waals surface area contributed by atoms with Crippen LogP contribution in [0.4, 0.5) is 10.5 Å². The second-order valence-electron chi connectivity index (χ2n) is 5.04. The average molecular weight is 296 g/mol. The maximum absolute atomic E-state index is 11.9. The van der Waals surface area contributed by atoms with E-state index in [4.69, 9.17) is 0 Å². The zero-order valence-electron chi connectivity index (χ0n) is 11.5. The topological polar surface area (TPSA) is 78.4 Å². The summed E-state index contributed by atoms with van der Waals surface area (Å²) in [6.45, 7) is 0. The molecule has 3 atom stereocenters. The minimum atomic E-state index is -1.08. The fraction of sp³-hybridized carbons (Fsp3) is 0.500. The Labute approximate surface area is 121 Å². The van der Waals surface area contributed by atoms with E-state index >= 15 is 0 Å². The molecule has 1 fully saturated rings. The third-order valence-corrected chi connectivity index (χ3v) is 4.39. The van der Waals surface area contributed by atoms with Crippen molar-refractivity contribution in [3.8, 4) is 0 Å². The number of urea groups is 1. The second-order valence-corrected chi connectivity index (χ2v) is 6.42. The van der Waals surface area contributed by atoms with Crippen LogP contribution in [0.2, 0.25) is 0 Å². The summed E-state index contributed by atoms with van der Waals surface area (Å²) in [6.07, 6.45) is 4.68. The zero-order valence-corrected chi connectivity index (χ0v) is 12.3. The van der Waals surface area contributed by atoms with Gasteiger partial charge < -0.3 is 15.7 Å². The SMILES string of the molecule is CS(=O)c1cccc(NC(=O)NC2CCCCC2O)c1. The molecular weight excluding hydrogens is 276 g/mol. The van der Waals surface area contributed by atoms with Crippen LogP contribution in [0.25, 0.3) is 0 Å². The predicted molar refractivity (Wildman–Crippen MR) is 79.2 cm³/mol. The molecule has 0 radical (unpaired) electrons. The lowest BCUT2D eigenvalue weighted by atomic mass is 9.93. The van der Waals surface area contributed by atoms with Gasteiger partial charge in [-0.3, -0.25) is 4.21 Å². The van der Waals surface area contributed by atoms with E-state index in [0.717, 1.165) is 25.7 Å². The molecule has 0 aliphatic heterocycles. The van der Waals surface area contributed by atoms with Gasteiger partial charge in [0.1, 0.15) is 0 Å². The fourth-order valence-corrected chi connectivity index (χ4v) is 2.93. The minimum Gasteiger partial charge on any atom is -0.391 e. The fourth-order valence-electron chi connectivity index (χ4n) is 2.37. The van der Waals surface area contributed by atoms with E-state index in [0.29, 0.717) is 10.6 Å². The Morgan fingerprint density at radius 2 is 2.10 bits per heavy atom. The van der Waals surface area contributed by atoms with Crippen molar-refractivity contribution in [1.29, 1.82) is 0 Å². The first-order valence-electron chi connectivity index (χ1n) is 6.75. The van der Waals surface area contributed by atoms with Gasteiger partial charge in [0.25, 0.3) is 0 Å². The molecule has 3 unspecified atom stereocenters. The molecule has 20 heavy (non-hydrogen) atoms. The molecule has 1 aliphatic carbocycles. The Morgan fingerprint density at radius 1 is 1.35 bits per heavy atom. The summed E-state index contributed by atoms with van der Waals surface area (Å²) < 4.78 is 11.4. The molecule has 0 aromatic heterocycles. The van der Waals surface area contributed by atoms with Crippen LogP contribution in [0.15, 0.2) is 29.2 Å². The highest BCUT2D eigenvalue weighted by Crippen LogP contribution is 2.19. The number of hydrogen-bond donors (Lipinski definition) is 3. The number of aliphatic hydroxyl groups excluding tert-OH is 1. The molecule has 3 N–H and O–H groups in total. The van der Waals surface area contributed by atoms with Crippen LogP contribution in [0, 0.1) is 0 Å². The van der Waals surface area contributed by atoms with Crippen molar-refractivity contribution < 1.29 is 14.1 Å². The van der Waals surface area contributed by atoms with Gasteiger partial charge >= 0.3 is 6.03 Å². The Hall–Kier alpha value is -1.40. The van der Waals surface area contributed by atoms with E-state index < -0.39 is 16.9 Å². The Bertz CT molecular complexity index is 507. The van der Waals surface area contributed by atoms with E-state index in [1.165, 1.54) is 0 Å². The highest BCUT2D eigenvalue weighted by atomic mass is 32.2. The van der Waals surface area contributed by atoms with Crippen LogP contribution in [-0.2, 0) is 10.8 Å². The molecule has 0 heterocycles. The van der Waals surface area contributed by atoms with Crippen LogP contribution < -0.4 is 10.6 Å². The van der Waals surface area contributed by atoms with Crippen LogP contribution in [-0.4, -0.2) is 33.7 Å². The Balaban J connectivity index is 1.94. The highest BCUT2D eigenvalue weighted by molar-refractivity contribution is 7.84.